The van der Waals surface area contributed by atoms with E-state index in [1.165, 1.54) is 12.1 Å². The lowest BCUT2D eigenvalue weighted by Gasteiger charge is -2.28. The number of benzene rings is 2. The molecule has 1 aromatic heterocycles. The third-order valence-corrected chi connectivity index (χ3v) is 4.69. The topological polar surface area (TPSA) is 79.4 Å². The van der Waals surface area contributed by atoms with Gasteiger partial charge in [-0.1, -0.05) is 12.1 Å². The zero-order valence-corrected chi connectivity index (χ0v) is 16.6. The van der Waals surface area contributed by atoms with Crippen molar-refractivity contribution >= 4 is 29.0 Å². The highest BCUT2D eigenvalue weighted by Crippen LogP contribution is 2.21. The van der Waals surface area contributed by atoms with E-state index < -0.39 is 11.7 Å². The summed E-state index contributed by atoms with van der Waals surface area (Å²) in [6.07, 6.45) is 0. The molecule has 2 N–H and O–H groups in total. The molecule has 1 aliphatic rings. The largest absolute Gasteiger partial charge is 0.378 e. The summed E-state index contributed by atoms with van der Waals surface area (Å²) in [7, 11) is 0. The number of carbonyl (C=O) groups is 1. The smallest absolute Gasteiger partial charge is 0.258 e. The molecule has 0 radical (unpaired) electrons. The average molecular weight is 407 g/mol. The number of hydrogen-bond acceptors (Lipinski definition) is 6. The van der Waals surface area contributed by atoms with E-state index in [-0.39, 0.29) is 5.56 Å². The lowest BCUT2D eigenvalue weighted by molar-refractivity contribution is 0.102. The number of hydrogen-bond donors (Lipinski definition) is 2. The minimum Gasteiger partial charge on any atom is -0.378 e. The van der Waals surface area contributed by atoms with Gasteiger partial charge in [-0.15, -0.1) is 0 Å². The first-order chi connectivity index (χ1) is 14.6. The van der Waals surface area contributed by atoms with Gasteiger partial charge in [-0.25, -0.2) is 9.37 Å². The molecule has 0 spiro atoms. The molecule has 0 atom stereocenters. The van der Waals surface area contributed by atoms with Crippen LogP contribution >= 0.6 is 0 Å². The molecule has 4 rings (SSSR count). The van der Waals surface area contributed by atoms with Crippen LogP contribution in [-0.2, 0) is 4.74 Å². The van der Waals surface area contributed by atoms with Crippen LogP contribution < -0.4 is 15.5 Å². The minimum absolute atomic E-state index is 0.00324. The van der Waals surface area contributed by atoms with Crippen molar-refractivity contribution in [1.29, 1.82) is 0 Å². The van der Waals surface area contributed by atoms with Gasteiger partial charge in [0.05, 0.1) is 18.8 Å². The monoisotopic (exact) mass is 407 g/mol. The van der Waals surface area contributed by atoms with E-state index in [1.54, 1.807) is 36.4 Å². The SMILES string of the molecule is Cc1cc(N2CCOCC2)nc(Nc2ccc(NC(=O)c3ccccc3F)cc2)n1. The fraction of sp³-hybridized carbons (Fsp3) is 0.227. The highest BCUT2D eigenvalue weighted by atomic mass is 19.1. The van der Waals surface area contributed by atoms with E-state index in [1.807, 2.05) is 13.0 Å². The molecule has 0 bridgehead atoms. The first-order valence-electron chi connectivity index (χ1n) is 9.70. The van der Waals surface area contributed by atoms with Crippen molar-refractivity contribution in [2.24, 2.45) is 0 Å². The van der Waals surface area contributed by atoms with Crippen LogP contribution in [0.4, 0.5) is 27.5 Å². The molecule has 7 nitrogen and oxygen atoms in total. The summed E-state index contributed by atoms with van der Waals surface area (Å²) in [4.78, 5) is 23.5. The molecule has 2 aromatic carbocycles. The van der Waals surface area contributed by atoms with Gasteiger partial charge in [0.25, 0.3) is 5.91 Å². The Balaban J connectivity index is 1.44. The standard InChI is InChI=1S/C22H22FN5O2/c1-15-14-20(28-10-12-30-13-11-28)27-22(24-15)26-17-8-6-16(7-9-17)25-21(29)18-4-2-3-5-19(18)23/h2-9,14H,10-13H2,1H3,(H,25,29)(H,24,26,27). The van der Waals surface area contributed by atoms with Gasteiger partial charge < -0.3 is 20.3 Å². The van der Waals surface area contributed by atoms with E-state index in [4.69, 9.17) is 4.74 Å². The van der Waals surface area contributed by atoms with Gasteiger partial charge in [0.2, 0.25) is 5.95 Å². The van der Waals surface area contributed by atoms with Crippen LogP contribution in [0.2, 0.25) is 0 Å². The Morgan fingerprint density at radius 3 is 2.47 bits per heavy atom. The molecule has 0 unspecified atom stereocenters. The fourth-order valence-corrected chi connectivity index (χ4v) is 3.17. The van der Waals surface area contributed by atoms with Crippen LogP contribution in [0.1, 0.15) is 16.1 Å². The number of carbonyl (C=O) groups excluding carboxylic acids is 1. The van der Waals surface area contributed by atoms with E-state index in [0.29, 0.717) is 24.8 Å². The number of ether oxygens (including phenoxy) is 1. The molecule has 1 aliphatic heterocycles. The Morgan fingerprint density at radius 1 is 1.03 bits per heavy atom. The summed E-state index contributed by atoms with van der Waals surface area (Å²) in [5, 5.41) is 5.89. The average Bonchev–Trinajstić information content (AvgIpc) is 2.75. The maximum atomic E-state index is 13.8. The lowest BCUT2D eigenvalue weighted by atomic mass is 10.2. The zero-order chi connectivity index (χ0) is 20.9. The zero-order valence-electron chi connectivity index (χ0n) is 16.6. The maximum absolute atomic E-state index is 13.8. The van der Waals surface area contributed by atoms with E-state index in [2.05, 4.69) is 25.5 Å². The van der Waals surface area contributed by atoms with Crippen molar-refractivity contribution in [2.75, 3.05) is 41.8 Å². The quantitative estimate of drug-likeness (QED) is 0.671. The van der Waals surface area contributed by atoms with Crippen LogP contribution in [0.3, 0.4) is 0 Å². The molecule has 154 valence electrons. The van der Waals surface area contributed by atoms with Crippen molar-refractivity contribution in [3.8, 4) is 0 Å². The van der Waals surface area contributed by atoms with Crippen molar-refractivity contribution in [2.45, 2.75) is 6.92 Å². The van der Waals surface area contributed by atoms with Gasteiger partial charge in [-0.05, 0) is 43.3 Å². The highest BCUT2D eigenvalue weighted by Gasteiger charge is 2.14. The Hall–Kier alpha value is -3.52. The number of nitrogens with one attached hydrogen (secondary N) is 2. The van der Waals surface area contributed by atoms with Crippen molar-refractivity contribution in [3.05, 3.63) is 71.7 Å². The van der Waals surface area contributed by atoms with Crippen molar-refractivity contribution < 1.29 is 13.9 Å². The minimum atomic E-state index is -0.555. The molecule has 1 saturated heterocycles. The summed E-state index contributed by atoms with van der Waals surface area (Å²) >= 11 is 0. The number of nitrogens with zero attached hydrogens (tertiary/aromatic N) is 3. The molecule has 3 aromatic rings. The summed E-state index contributed by atoms with van der Waals surface area (Å²) in [6.45, 7) is 4.90. The number of amides is 1. The van der Waals surface area contributed by atoms with E-state index >= 15 is 0 Å². The predicted octanol–water partition coefficient (Wildman–Crippen LogP) is 3.76. The summed E-state index contributed by atoms with van der Waals surface area (Å²) < 4.78 is 19.2. The van der Waals surface area contributed by atoms with Crippen LogP contribution in [0.5, 0.6) is 0 Å². The molecule has 1 fully saturated rings. The molecule has 1 amide bonds. The Bertz CT molecular complexity index is 1040. The Labute approximate surface area is 173 Å². The molecule has 8 heteroatoms. The van der Waals surface area contributed by atoms with Crippen LogP contribution in [0, 0.1) is 12.7 Å². The van der Waals surface area contributed by atoms with Gasteiger partial charge in [0, 0.05) is 36.2 Å². The Morgan fingerprint density at radius 2 is 1.73 bits per heavy atom. The molecular weight excluding hydrogens is 385 g/mol. The molecule has 2 heterocycles. The van der Waals surface area contributed by atoms with Gasteiger partial charge in [0.1, 0.15) is 11.6 Å². The highest BCUT2D eigenvalue weighted by molar-refractivity contribution is 6.04. The van der Waals surface area contributed by atoms with Crippen LogP contribution in [0.25, 0.3) is 0 Å². The maximum Gasteiger partial charge on any atom is 0.258 e. The second kappa shape index (κ2) is 8.87. The first kappa shape index (κ1) is 19.8. The van der Waals surface area contributed by atoms with E-state index in [9.17, 15) is 9.18 Å². The summed E-state index contributed by atoms with van der Waals surface area (Å²) in [5.41, 5.74) is 2.21. The number of rotatable bonds is 5. The molecule has 30 heavy (non-hydrogen) atoms. The van der Waals surface area contributed by atoms with Crippen LogP contribution in [0.15, 0.2) is 54.6 Å². The van der Waals surface area contributed by atoms with Gasteiger partial charge >= 0.3 is 0 Å². The third-order valence-electron chi connectivity index (χ3n) is 4.69. The second-order valence-electron chi connectivity index (χ2n) is 6.93. The second-order valence-corrected chi connectivity index (χ2v) is 6.93. The molecule has 0 saturated carbocycles. The molecular formula is C22H22FN5O2. The van der Waals surface area contributed by atoms with Crippen LogP contribution in [-0.4, -0.2) is 42.2 Å². The third kappa shape index (κ3) is 4.72. The summed E-state index contributed by atoms with van der Waals surface area (Å²) in [6, 6.07) is 14.9. The van der Waals surface area contributed by atoms with Gasteiger partial charge in [0.15, 0.2) is 0 Å². The number of aryl methyl sites for hydroxylation is 1. The predicted molar refractivity (Wildman–Crippen MR) is 114 cm³/mol. The van der Waals surface area contributed by atoms with Gasteiger partial charge in [-0.2, -0.15) is 4.98 Å². The summed E-state index contributed by atoms with van der Waals surface area (Å²) in [5.74, 6) is 0.314. The van der Waals surface area contributed by atoms with Crippen molar-refractivity contribution in [3.63, 3.8) is 0 Å². The van der Waals surface area contributed by atoms with Gasteiger partial charge in [-0.3, -0.25) is 4.79 Å². The number of anilines is 4. The van der Waals surface area contributed by atoms with Crippen molar-refractivity contribution in [1.82, 2.24) is 9.97 Å². The normalized spacial score (nSPS) is 13.7. The first-order valence-corrected chi connectivity index (χ1v) is 9.70. The lowest BCUT2D eigenvalue weighted by Crippen LogP contribution is -2.36. The molecule has 0 aliphatic carbocycles. The fourth-order valence-electron chi connectivity index (χ4n) is 3.17. The Kier molecular flexibility index (Phi) is 5.85. The number of halogens is 1. The number of aromatic nitrogens is 2. The van der Waals surface area contributed by atoms with E-state index in [0.717, 1.165) is 30.3 Å². The number of morpholine rings is 1.